The van der Waals surface area contributed by atoms with Crippen LogP contribution in [0.1, 0.15) is 34.1 Å². The second-order valence-electron chi connectivity index (χ2n) is 7.09. The molecule has 0 radical (unpaired) electrons. The number of hydrogen-bond acceptors (Lipinski definition) is 3. The van der Waals surface area contributed by atoms with Gasteiger partial charge in [0, 0.05) is 11.8 Å². The Bertz CT molecular complexity index is 1280. The van der Waals surface area contributed by atoms with Crippen LogP contribution in [0.4, 0.5) is 8.78 Å². The van der Waals surface area contributed by atoms with E-state index in [1.807, 2.05) is 24.3 Å². The molecule has 0 amide bonds. The number of imidazole rings is 1. The number of pyridine rings is 1. The summed E-state index contributed by atoms with van der Waals surface area (Å²) >= 11 is 0. The standard InChI is InChI=1S/C24H20F2N2O3/c1-3-15-16(7-4-8-17(15)24(29)30)22-14(2)27-23-21(11-6-12-28(22)23)31-13-18-19(25)9-5-10-20(18)26/h4-12H,3,13H2,1-2H3,(H,29,30). The molecular formula is C24H20F2N2O3. The van der Waals surface area contributed by atoms with E-state index in [9.17, 15) is 18.7 Å². The molecule has 1 N–H and O–H groups in total. The molecule has 0 spiro atoms. The minimum atomic E-state index is -0.985. The molecule has 4 rings (SSSR count). The molecule has 0 unspecified atom stereocenters. The van der Waals surface area contributed by atoms with Gasteiger partial charge in [0.05, 0.1) is 22.5 Å². The molecule has 5 nitrogen and oxygen atoms in total. The number of nitrogens with zero attached hydrogens (tertiary/aromatic N) is 2. The molecule has 0 saturated heterocycles. The predicted molar refractivity (Wildman–Crippen MR) is 112 cm³/mol. The van der Waals surface area contributed by atoms with Gasteiger partial charge in [0.15, 0.2) is 11.4 Å². The topological polar surface area (TPSA) is 63.8 Å². The van der Waals surface area contributed by atoms with Crippen LogP contribution in [0.25, 0.3) is 16.9 Å². The lowest BCUT2D eigenvalue weighted by Gasteiger charge is -2.13. The minimum absolute atomic E-state index is 0.157. The number of ether oxygens (including phenoxy) is 1. The van der Waals surface area contributed by atoms with Crippen LogP contribution in [-0.4, -0.2) is 20.5 Å². The highest BCUT2D eigenvalue weighted by molar-refractivity contribution is 5.92. The monoisotopic (exact) mass is 422 g/mol. The number of carboxylic acids is 1. The Morgan fingerprint density at radius 1 is 1.06 bits per heavy atom. The Balaban J connectivity index is 1.80. The number of carbonyl (C=O) groups is 1. The Hall–Kier alpha value is -3.74. The third-order valence-electron chi connectivity index (χ3n) is 5.24. The number of aryl methyl sites for hydroxylation is 1. The summed E-state index contributed by atoms with van der Waals surface area (Å²) in [5.41, 5.74) is 3.48. The summed E-state index contributed by atoms with van der Waals surface area (Å²) < 4.78 is 35.4. The van der Waals surface area contributed by atoms with Crippen molar-refractivity contribution in [2.75, 3.05) is 0 Å². The number of rotatable bonds is 6. The molecule has 0 aliphatic rings. The van der Waals surface area contributed by atoms with Crippen molar-refractivity contribution in [2.24, 2.45) is 0 Å². The summed E-state index contributed by atoms with van der Waals surface area (Å²) in [5.74, 6) is -1.97. The maximum atomic E-state index is 14.0. The van der Waals surface area contributed by atoms with Crippen molar-refractivity contribution in [3.63, 3.8) is 0 Å². The van der Waals surface area contributed by atoms with E-state index >= 15 is 0 Å². The van der Waals surface area contributed by atoms with Crippen LogP contribution in [-0.2, 0) is 13.0 Å². The van der Waals surface area contributed by atoms with Crippen LogP contribution in [0.3, 0.4) is 0 Å². The van der Waals surface area contributed by atoms with Gasteiger partial charge in [0.25, 0.3) is 0 Å². The zero-order valence-electron chi connectivity index (χ0n) is 17.0. The van der Waals surface area contributed by atoms with Crippen molar-refractivity contribution < 1.29 is 23.4 Å². The van der Waals surface area contributed by atoms with Crippen LogP contribution >= 0.6 is 0 Å². The third kappa shape index (κ3) is 3.63. The fraction of sp³-hybridized carbons (Fsp3) is 0.167. The van der Waals surface area contributed by atoms with E-state index in [-0.39, 0.29) is 17.7 Å². The molecule has 0 bridgehead atoms. The number of aromatic carboxylic acids is 1. The largest absolute Gasteiger partial charge is 0.485 e. The first-order valence-electron chi connectivity index (χ1n) is 9.81. The maximum Gasteiger partial charge on any atom is 0.335 e. The molecule has 7 heteroatoms. The smallest absolute Gasteiger partial charge is 0.335 e. The van der Waals surface area contributed by atoms with Crippen molar-refractivity contribution in [1.29, 1.82) is 0 Å². The average molecular weight is 422 g/mol. The summed E-state index contributed by atoms with van der Waals surface area (Å²) in [5, 5.41) is 9.56. The van der Waals surface area contributed by atoms with Crippen LogP contribution in [0.15, 0.2) is 54.7 Å². The second kappa shape index (κ2) is 8.18. The molecule has 0 aliphatic heterocycles. The van der Waals surface area contributed by atoms with Crippen molar-refractivity contribution in [3.05, 3.63) is 88.7 Å². The molecule has 0 atom stereocenters. The zero-order valence-corrected chi connectivity index (χ0v) is 17.0. The summed E-state index contributed by atoms with van der Waals surface area (Å²) in [6, 6.07) is 12.2. The van der Waals surface area contributed by atoms with Gasteiger partial charge in [-0.15, -0.1) is 0 Å². The highest BCUT2D eigenvalue weighted by Gasteiger charge is 2.20. The van der Waals surface area contributed by atoms with E-state index in [0.29, 0.717) is 29.1 Å². The van der Waals surface area contributed by atoms with E-state index in [0.717, 1.165) is 11.3 Å². The molecule has 2 aromatic carbocycles. The Morgan fingerprint density at radius 2 is 1.77 bits per heavy atom. The predicted octanol–water partition coefficient (Wildman–Crippen LogP) is 5.43. The molecule has 0 saturated carbocycles. The molecule has 2 heterocycles. The van der Waals surface area contributed by atoms with Crippen molar-refractivity contribution in [1.82, 2.24) is 9.38 Å². The molecule has 31 heavy (non-hydrogen) atoms. The molecular weight excluding hydrogens is 402 g/mol. The van der Waals surface area contributed by atoms with Gasteiger partial charge in [-0.1, -0.05) is 25.1 Å². The van der Waals surface area contributed by atoms with Gasteiger partial charge in [-0.05, 0) is 49.2 Å². The number of fused-ring (bicyclic) bond motifs is 1. The first kappa shape index (κ1) is 20.5. The van der Waals surface area contributed by atoms with Crippen molar-refractivity contribution in [3.8, 4) is 17.0 Å². The van der Waals surface area contributed by atoms with Crippen molar-refractivity contribution >= 4 is 11.6 Å². The molecule has 0 fully saturated rings. The van der Waals surface area contributed by atoms with Gasteiger partial charge in [0.2, 0.25) is 0 Å². The normalized spacial score (nSPS) is 11.1. The summed E-state index contributed by atoms with van der Waals surface area (Å²) in [4.78, 5) is 16.3. The lowest BCUT2D eigenvalue weighted by Crippen LogP contribution is -2.05. The van der Waals surface area contributed by atoms with Crippen LogP contribution in [0.5, 0.6) is 5.75 Å². The Labute approximate surface area is 177 Å². The van der Waals surface area contributed by atoms with E-state index in [2.05, 4.69) is 4.98 Å². The van der Waals surface area contributed by atoms with Crippen LogP contribution in [0.2, 0.25) is 0 Å². The molecule has 4 aromatic rings. The first-order chi connectivity index (χ1) is 14.9. The zero-order chi connectivity index (χ0) is 22.1. The quantitative estimate of drug-likeness (QED) is 0.450. The fourth-order valence-electron chi connectivity index (χ4n) is 3.80. The lowest BCUT2D eigenvalue weighted by atomic mass is 9.96. The molecule has 0 aliphatic carbocycles. The summed E-state index contributed by atoms with van der Waals surface area (Å²) in [6.45, 7) is 3.45. The van der Waals surface area contributed by atoms with Gasteiger partial charge in [-0.2, -0.15) is 0 Å². The number of halogens is 2. The molecule has 158 valence electrons. The van der Waals surface area contributed by atoms with E-state index in [1.165, 1.54) is 18.2 Å². The van der Waals surface area contributed by atoms with Crippen molar-refractivity contribution in [2.45, 2.75) is 26.9 Å². The number of hydrogen-bond donors (Lipinski definition) is 1. The summed E-state index contributed by atoms with van der Waals surface area (Å²) in [7, 11) is 0. The SMILES string of the molecule is CCc1c(C(=O)O)cccc1-c1c(C)nc2c(OCc3c(F)cccc3F)cccn12. The maximum absolute atomic E-state index is 14.0. The van der Waals surface area contributed by atoms with E-state index in [1.54, 1.807) is 30.5 Å². The fourth-order valence-corrected chi connectivity index (χ4v) is 3.80. The third-order valence-corrected chi connectivity index (χ3v) is 5.24. The highest BCUT2D eigenvalue weighted by atomic mass is 19.1. The van der Waals surface area contributed by atoms with Gasteiger partial charge in [-0.25, -0.2) is 18.6 Å². The van der Waals surface area contributed by atoms with Gasteiger partial charge < -0.3 is 9.84 Å². The van der Waals surface area contributed by atoms with E-state index in [4.69, 9.17) is 4.74 Å². The minimum Gasteiger partial charge on any atom is -0.485 e. The first-order valence-corrected chi connectivity index (χ1v) is 9.81. The lowest BCUT2D eigenvalue weighted by molar-refractivity contribution is 0.0695. The summed E-state index contributed by atoms with van der Waals surface area (Å²) in [6.07, 6.45) is 2.33. The molecule has 2 aromatic heterocycles. The number of carboxylic acid groups (broad SMARTS) is 1. The van der Waals surface area contributed by atoms with E-state index < -0.39 is 17.6 Å². The average Bonchev–Trinajstić information content (AvgIpc) is 3.09. The Kier molecular flexibility index (Phi) is 5.42. The van der Waals surface area contributed by atoms with Crippen LogP contribution < -0.4 is 4.74 Å². The second-order valence-corrected chi connectivity index (χ2v) is 7.09. The number of aromatic nitrogens is 2. The Morgan fingerprint density at radius 3 is 2.45 bits per heavy atom. The highest BCUT2D eigenvalue weighted by Crippen LogP contribution is 2.33. The van der Waals surface area contributed by atoms with Gasteiger partial charge in [-0.3, -0.25) is 4.40 Å². The van der Waals surface area contributed by atoms with Gasteiger partial charge in [0.1, 0.15) is 18.2 Å². The van der Waals surface area contributed by atoms with Crippen LogP contribution in [0, 0.1) is 18.6 Å². The van der Waals surface area contributed by atoms with Gasteiger partial charge >= 0.3 is 5.97 Å². The number of benzene rings is 2.